The second kappa shape index (κ2) is 11.3. The van der Waals surface area contributed by atoms with Gasteiger partial charge in [-0.05, 0) is 25.0 Å². The molecule has 0 radical (unpaired) electrons. The van der Waals surface area contributed by atoms with Crippen LogP contribution in [0.2, 0.25) is 0 Å². The molecule has 0 aromatic carbocycles. The zero-order valence-electron chi connectivity index (χ0n) is 12.3. The molecule has 0 aliphatic carbocycles. The number of methoxy groups -OCH3 is 1. The molecule has 0 aromatic heterocycles. The minimum atomic E-state index is -4.05. The van der Waals surface area contributed by atoms with Crippen LogP contribution in [0.4, 0.5) is 13.2 Å². The van der Waals surface area contributed by atoms with Crippen molar-refractivity contribution in [2.75, 3.05) is 12.9 Å². The maximum Gasteiger partial charge on any atom is 0.389 e. The van der Waals surface area contributed by atoms with Gasteiger partial charge in [-0.3, -0.25) is 4.79 Å². The molecule has 2 nitrogen and oxygen atoms in total. The highest BCUT2D eigenvalue weighted by atomic mass is 32.2. The van der Waals surface area contributed by atoms with Crippen molar-refractivity contribution in [1.82, 2.24) is 0 Å². The van der Waals surface area contributed by atoms with Crippen molar-refractivity contribution in [3.05, 3.63) is 0 Å². The van der Waals surface area contributed by atoms with Crippen molar-refractivity contribution in [2.45, 2.75) is 69.7 Å². The summed E-state index contributed by atoms with van der Waals surface area (Å²) >= 11 is 1.51. The van der Waals surface area contributed by atoms with Crippen LogP contribution in [-0.4, -0.2) is 30.3 Å². The molecular weight excluding hydrogens is 289 g/mol. The van der Waals surface area contributed by atoms with Crippen molar-refractivity contribution in [1.29, 1.82) is 0 Å². The highest BCUT2D eigenvalue weighted by Gasteiger charge is 2.25. The summed E-state index contributed by atoms with van der Waals surface area (Å²) in [5, 5.41) is -0.172. The molecule has 0 N–H and O–H groups in total. The molecule has 0 bridgehead atoms. The molecule has 0 aliphatic heterocycles. The average molecular weight is 314 g/mol. The van der Waals surface area contributed by atoms with Crippen molar-refractivity contribution < 1.29 is 22.7 Å². The number of carbonyl (C=O) groups excluding carboxylic acids is 1. The largest absolute Gasteiger partial charge is 0.468 e. The predicted octanol–water partition coefficient (Wildman–Crippen LogP) is 4.96. The third kappa shape index (κ3) is 11.4. The summed E-state index contributed by atoms with van der Waals surface area (Å²) in [6.07, 6.45) is 0.608. The Hall–Kier alpha value is -0.390. The lowest BCUT2D eigenvalue weighted by molar-refractivity contribution is -0.140. The smallest absolute Gasteiger partial charge is 0.389 e. The summed E-state index contributed by atoms with van der Waals surface area (Å²) in [7, 11) is 1.37. The molecule has 0 heterocycles. The van der Waals surface area contributed by atoms with Crippen LogP contribution in [0, 0.1) is 0 Å². The third-order valence-electron chi connectivity index (χ3n) is 2.96. The predicted molar refractivity (Wildman–Crippen MR) is 76.9 cm³/mol. The van der Waals surface area contributed by atoms with Crippen LogP contribution in [0.5, 0.6) is 0 Å². The van der Waals surface area contributed by atoms with E-state index < -0.39 is 12.6 Å². The minimum absolute atomic E-state index is 0.169. The Morgan fingerprint density at radius 3 is 2.40 bits per heavy atom. The first-order chi connectivity index (χ1) is 9.40. The Labute approximate surface area is 123 Å². The Morgan fingerprint density at radius 1 is 1.15 bits per heavy atom. The molecule has 0 aromatic rings. The second-order valence-electron chi connectivity index (χ2n) is 4.80. The number of esters is 1. The molecule has 1 atom stereocenters. The van der Waals surface area contributed by atoms with Crippen molar-refractivity contribution in [3.8, 4) is 0 Å². The number of halogens is 3. The van der Waals surface area contributed by atoms with Crippen molar-refractivity contribution in [3.63, 3.8) is 0 Å². The summed E-state index contributed by atoms with van der Waals surface area (Å²) in [5.74, 6) is 0.491. The number of alkyl halides is 3. The second-order valence-corrected chi connectivity index (χ2v) is 6.11. The molecule has 0 rings (SSSR count). The first kappa shape index (κ1) is 19.6. The Morgan fingerprint density at radius 2 is 1.85 bits per heavy atom. The van der Waals surface area contributed by atoms with E-state index in [1.807, 2.05) is 0 Å². The molecular formula is C14H25F3O2S. The number of ether oxygens (including phenoxy) is 1. The van der Waals surface area contributed by atoms with Crippen LogP contribution in [0.25, 0.3) is 0 Å². The fourth-order valence-corrected chi connectivity index (χ4v) is 3.03. The summed E-state index contributed by atoms with van der Waals surface area (Å²) in [6, 6.07) is 0. The molecule has 120 valence electrons. The molecule has 0 amide bonds. The quantitative estimate of drug-likeness (QED) is 0.398. The van der Waals surface area contributed by atoms with Crippen LogP contribution in [-0.2, 0) is 9.53 Å². The van der Waals surface area contributed by atoms with Crippen LogP contribution < -0.4 is 0 Å². The first-order valence-electron chi connectivity index (χ1n) is 7.17. The van der Waals surface area contributed by atoms with E-state index in [0.717, 1.165) is 25.7 Å². The molecule has 1 unspecified atom stereocenters. The Kier molecular flexibility index (Phi) is 11.1. The van der Waals surface area contributed by atoms with Gasteiger partial charge in [0.15, 0.2) is 0 Å². The fraction of sp³-hybridized carbons (Fsp3) is 0.929. The molecule has 0 aliphatic rings. The lowest BCUT2D eigenvalue weighted by Crippen LogP contribution is -2.19. The molecule has 0 fully saturated rings. The van der Waals surface area contributed by atoms with Gasteiger partial charge in [-0.15, -0.1) is 11.8 Å². The number of carbonyl (C=O) groups is 1. The number of thioether (sulfide) groups is 1. The standard InChI is InChI=1S/C14H25F3O2S/c1-3-4-6-9-12(13(18)19-2)20-11-8-5-7-10-14(15,16)17/h12H,3-11H2,1-2H3. The molecule has 0 saturated heterocycles. The number of unbranched alkanes of at least 4 members (excludes halogenated alkanes) is 4. The molecule has 0 saturated carbocycles. The highest BCUT2D eigenvalue weighted by Crippen LogP contribution is 2.24. The average Bonchev–Trinajstić information content (AvgIpc) is 2.38. The Bertz CT molecular complexity index is 257. The van der Waals surface area contributed by atoms with Crippen LogP contribution in [0.3, 0.4) is 0 Å². The van der Waals surface area contributed by atoms with Gasteiger partial charge >= 0.3 is 12.1 Å². The van der Waals surface area contributed by atoms with Gasteiger partial charge < -0.3 is 4.74 Å². The SMILES string of the molecule is CCCCCC(SCCCCCC(F)(F)F)C(=O)OC. The minimum Gasteiger partial charge on any atom is -0.468 e. The van der Waals surface area contributed by atoms with E-state index >= 15 is 0 Å². The van der Waals surface area contributed by atoms with Gasteiger partial charge in [0.2, 0.25) is 0 Å². The monoisotopic (exact) mass is 314 g/mol. The van der Waals surface area contributed by atoms with Crippen LogP contribution in [0.15, 0.2) is 0 Å². The zero-order valence-corrected chi connectivity index (χ0v) is 13.1. The first-order valence-corrected chi connectivity index (χ1v) is 8.21. The molecule has 0 spiro atoms. The summed E-state index contributed by atoms with van der Waals surface area (Å²) < 4.78 is 40.6. The summed E-state index contributed by atoms with van der Waals surface area (Å²) in [4.78, 5) is 11.6. The van der Waals surface area contributed by atoms with E-state index in [1.165, 1.54) is 18.9 Å². The van der Waals surface area contributed by atoms with Gasteiger partial charge in [-0.1, -0.05) is 32.6 Å². The normalized spacial score (nSPS) is 13.2. The van der Waals surface area contributed by atoms with E-state index in [0.29, 0.717) is 18.6 Å². The van der Waals surface area contributed by atoms with Crippen LogP contribution in [0.1, 0.15) is 58.3 Å². The topological polar surface area (TPSA) is 26.3 Å². The molecule has 20 heavy (non-hydrogen) atoms. The van der Waals surface area contributed by atoms with Gasteiger partial charge in [-0.25, -0.2) is 0 Å². The Balaban J connectivity index is 3.76. The van der Waals surface area contributed by atoms with E-state index in [1.54, 1.807) is 0 Å². The van der Waals surface area contributed by atoms with Gasteiger partial charge in [0.05, 0.1) is 7.11 Å². The molecule has 6 heteroatoms. The summed E-state index contributed by atoms with van der Waals surface area (Å²) in [6.45, 7) is 2.10. The van der Waals surface area contributed by atoms with E-state index in [2.05, 4.69) is 6.92 Å². The maximum atomic E-state index is 12.0. The van der Waals surface area contributed by atoms with E-state index in [4.69, 9.17) is 4.74 Å². The summed E-state index contributed by atoms with van der Waals surface area (Å²) in [5.41, 5.74) is 0. The fourth-order valence-electron chi connectivity index (χ4n) is 1.81. The number of hydrogen-bond donors (Lipinski definition) is 0. The lowest BCUT2D eigenvalue weighted by atomic mass is 10.1. The van der Waals surface area contributed by atoms with E-state index in [-0.39, 0.29) is 17.6 Å². The lowest BCUT2D eigenvalue weighted by Gasteiger charge is -2.14. The van der Waals surface area contributed by atoms with Gasteiger partial charge in [0.1, 0.15) is 5.25 Å². The number of hydrogen-bond acceptors (Lipinski definition) is 3. The van der Waals surface area contributed by atoms with Gasteiger partial charge in [-0.2, -0.15) is 13.2 Å². The highest BCUT2D eigenvalue weighted by molar-refractivity contribution is 8.00. The zero-order chi connectivity index (χ0) is 15.4. The third-order valence-corrected chi connectivity index (χ3v) is 4.31. The van der Waals surface area contributed by atoms with Gasteiger partial charge in [0, 0.05) is 6.42 Å². The van der Waals surface area contributed by atoms with Gasteiger partial charge in [0.25, 0.3) is 0 Å². The van der Waals surface area contributed by atoms with Crippen LogP contribution >= 0.6 is 11.8 Å². The van der Waals surface area contributed by atoms with Crippen molar-refractivity contribution >= 4 is 17.7 Å². The maximum absolute atomic E-state index is 12.0. The number of rotatable bonds is 11. The van der Waals surface area contributed by atoms with E-state index in [9.17, 15) is 18.0 Å². The van der Waals surface area contributed by atoms with Crippen molar-refractivity contribution in [2.24, 2.45) is 0 Å².